The second-order valence-electron chi connectivity index (χ2n) is 5.76. The number of ketones is 1. The predicted molar refractivity (Wildman–Crippen MR) is 84.0 cm³/mol. The van der Waals surface area contributed by atoms with Gasteiger partial charge in [-0.1, -0.05) is 29.3 Å². The molecule has 0 aliphatic rings. The predicted octanol–water partition coefficient (Wildman–Crippen LogP) is 4.02. The van der Waals surface area contributed by atoms with Crippen molar-refractivity contribution in [1.29, 1.82) is 0 Å². The molecule has 0 spiro atoms. The lowest BCUT2D eigenvalue weighted by atomic mass is 10.1. The van der Waals surface area contributed by atoms with Crippen LogP contribution in [0.5, 0.6) is 0 Å². The monoisotopic (exact) mass is 331 g/mol. The standard InChI is InChI=1S/C15H19Cl2NO3/c1-9(18-14(20)21-15(2,3)4)13(19)8-10-5-6-11(16)12(17)7-10/h5-7,9H,8H2,1-4H3,(H,18,20). The van der Waals surface area contributed by atoms with E-state index in [1.165, 1.54) is 0 Å². The number of rotatable bonds is 4. The first-order valence-corrected chi connectivity index (χ1v) is 7.30. The fourth-order valence-corrected chi connectivity index (χ4v) is 1.89. The van der Waals surface area contributed by atoms with E-state index in [0.29, 0.717) is 10.0 Å². The molecule has 1 aromatic rings. The summed E-state index contributed by atoms with van der Waals surface area (Å²) in [6.45, 7) is 6.89. The lowest BCUT2D eigenvalue weighted by Gasteiger charge is -2.21. The van der Waals surface area contributed by atoms with Crippen LogP contribution in [0, 0.1) is 0 Å². The fourth-order valence-electron chi connectivity index (χ4n) is 1.57. The van der Waals surface area contributed by atoms with Crippen LogP contribution in [0.3, 0.4) is 0 Å². The number of hydrogen-bond donors (Lipinski definition) is 1. The van der Waals surface area contributed by atoms with E-state index in [9.17, 15) is 9.59 Å². The molecule has 0 fully saturated rings. The van der Waals surface area contributed by atoms with E-state index in [2.05, 4.69) is 5.32 Å². The largest absolute Gasteiger partial charge is 0.444 e. The maximum Gasteiger partial charge on any atom is 0.408 e. The van der Waals surface area contributed by atoms with Crippen molar-refractivity contribution in [1.82, 2.24) is 5.32 Å². The van der Waals surface area contributed by atoms with E-state index in [-0.39, 0.29) is 12.2 Å². The molecule has 1 atom stereocenters. The molecule has 0 aliphatic carbocycles. The quantitative estimate of drug-likeness (QED) is 0.906. The second kappa shape index (κ2) is 7.14. The van der Waals surface area contributed by atoms with Crippen LogP contribution in [0.15, 0.2) is 18.2 Å². The molecule has 0 heterocycles. The second-order valence-corrected chi connectivity index (χ2v) is 6.57. The normalized spacial score (nSPS) is 12.7. The van der Waals surface area contributed by atoms with Gasteiger partial charge in [0.1, 0.15) is 5.60 Å². The summed E-state index contributed by atoms with van der Waals surface area (Å²) in [5.74, 6) is -0.140. The molecule has 6 heteroatoms. The Morgan fingerprint density at radius 3 is 2.38 bits per heavy atom. The zero-order valence-electron chi connectivity index (χ0n) is 12.5. The number of benzene rings is 1. The number of carbonyl (C=O) groups is 2. The van der Waals surface area contributed by atoms with Crippen molar-refractivity contribution in [3.8, 4) is 0 Å². The highest BCUT2D eigenvalue weighted by atomic mass is 35.5. The van der Waals surface area contributed by atoms with Crippen molar-refractivity contribution in [2.24, 2.45) is 0 Å². The van der Waals surface area contributed by atoms with Gasteiger partial charge in [-0.2, -0.15) is 0 Å². The van der Waals surface area contributed by atoms with Crippen molar-refractivity contribution >= 4 is 35.1 Å². The highest BCUT2D eigenvalue weighted by Gasteiger charge is 2.21. The van der Waals surface area contributed by atoms with E-state index in [1.807, 2.05) is 0 Å². The molecular formula is C15H19Cl2NO3. The van der Waals surface area contributed by atoms with E-state index in [1.54, 1.807) is 45.9 Å². The zero-order chi connectivity index (χ0) is 16.2. The fraction of sp³-hybridized carbons (Fsp3) is 0.467. The van der Waals surface area contributed by atoms with E-state index in [0.717, 1.165) is 5.56 Å². The highest BCUT2D eigenvalue weighted by Crippen LogP contribution is 2.23. The smallest absolute Gasteiger partial charge is 0.408 e. The summed E-state index contributed by atoms with van der Waals surface area (Å²) in [4.78, 5) is 23.7. The third-order valence-corrected chi connectivity index (χ3v) is 3.32. The average Bonchev–Trinajstić information content (AvgIpc) is 2.31. The van der Waals surface area contributed by atoms with Gasteiger partial charge in [-0.05, 0) is 45.4 Å². The van der Waals surface area contributed by atoms with E-state index in [4.69, 9.17) is 27.9 Å². The van der Waals surface area contributed by atoms with Crippen LogP contribution in [-0.2, 0) is 16.0 Å². The van der Waals surface area contributed by atoms with Crippen LogP contribution in [0.4, 0.5) is 4.79 Å². The van der Waals surface area contributed by atoms with Crippen molar-refractivity contribution < 1.29 is 14.3 Å². The van der Waals surface area contributed by atoms with Crippen molar-refractivity contribution in [2.45, 2.75) is 45.8 Å². The Bertz CT molecular complexity index is 538. The zero-order valence-corrected chi connectivity index (χ0v) is 14.0. The van der Waals surface area contributed by atoms with E-state index >= 15 is 0 Å². The minimum Gasteiger partial charge on any atom is -0.444 e. The van der Waals surface area contributed by atoms with Crippen LogP contribution >= 0.6 is 23.2 Å². The third-order valence-electron chi connectivity index (χ3n) is 2.58. The molecule has 116 valence electrons. The molecule has 0 radical (unpaired) electrons. The topological polar surface area (TPSA) is 55.4 Å². The summed E-state index contributed by atoms with van der Waals surface area (Å²) >= 11 is 11.7. The van der Waals surface area contributed by atoms with Crippen molar-refractivity contribution in [3.05, 3.63) is 33.8 Å². The minimum atomic E-state index is -0.644. The van der Waals surface area contributed by atoms with Crippen molar-refractivity contribution in [2.75, 3.05) is 0 Å². The van der Waals surface area contributed by atoms with Gasteiger partial charge in [-0.3, -0.25) is 4.79 Å². The van der Waals surface area contributed by atoms with Crippen LogP contribution in [0.1, 0.15) is 33.3 Å². The summed E-state index contributed by atoms with van der Waals surface area (Å²) in [6.07, 6.45) is -0.453. The molecule has 0 saturated heterocycles. The number of nitrogens with one attached hydrogen (secondary N) is 1. The number of amides is 1. The Morgan fingerprint density at radius 1 is 1.24 bits per heavy atom. The molecular weight excluding hydrogens is 313 g/mol. The van der Waals surface area contributed by atoms with Gasteiger partial charge < -0.3 is 10.1 Å². The Kier molecular flexibility index (Phi) is 6.05. The molecule has 1 amide bonds. The molecule has 1 N–H and O–H groups in total. The summed E-state index contributed by atoms with van der Waals surface area (Å²) in [6, 6.07) is 4.36. The molecule has 0 aliphatic heterocycles. The number of halogens is 2. The molecule has 0 saturated carbocycles. The lowest BCUT2D eigenvalue weighted by Crippen LogP contribution is -2.42. The van der Waals surface area contributed by atoms with E-state index < -0.39 is 17.7 Å². The first-order chi connectivity index (χ1) is 9.58. The Hall–Kier alpha value is -1.26. The number of ether oxygens (including phenoxy) is 1. The maximum absolute atomic E-state index is 12.1. The molecule has 21 heavy (non-hydrogen) atoms. The van der Waals surface area contributed by atoms with Crippen LogP contribution in [-0.4, -0.2) is 23.5 Å². The maximum atomic E-state index is 12.1. The number of alkyl carbamates (subject to hydrolysis) is 1. The summed E-state index contributed by atoms with van der Waals surface area (Å²) in [7, 11) is 0. The van der Waals surface area contributed by atoms with Gasteiger partial charge in [-0.15, -0.1) is 0 Å². The van der Waals surface area contributed by atoms with Gasteiger partial charge >= 0.3 is 6.09 Å². The lowest BCUT2D eigenvalue weighted by molar-refractivity contribution is -0.120. The van der Waals surface area contributed by atoms with Gasteiger partial charge in [-0.25, -0.2) is 4.79 Å². The van der Waals surface area contributed by atoms with Gasteiger partial charge in [0.2, 0.25) is 0 Å². The minimum absolute atomic E-state index is 0.140. The van der Waals surface area contributed by atoms with Crippen LogP contribution in [0.25, 0.3) is 0 Å². The van der Waals surface area contributed by atoms with Gasteiger partial charge in [0.25, 0.3) is 0 Å². The first-order valence-electron chi connectivity index (χ1n) is 6.54. The molecule has 4 nitrogen and oxygen atoms in total. The van der Waals surface area contributed by atoms with Gasteiger partial charge in [0.15, 0.2) is 5.78 Å². The SMILES string of the molecule is CC(NC(=O)OC(C)(C)C)C(=O)Cc1ccc(Cl)c(Cl)c1. The molecule has 0 bridgehead atoms. The molecule has 0 aromatic heterocycles. The summed E-state index contributed by atoms with van der Waals surface area (Å²) in [5, 5.41) is 3.35. The summed E-state index contributed by atoms with van der Waals surface area (Å²) < 4.78 is 5.10. The number of carbonyl (C=O) groups excluding carboxylic acids is 2. The van der Waals surface area contributed by atoms with Gasteiger partial charge in [0, 0.05) is 6.42 Å². The molecule has 1 rings (SSSR count). The van der Waals surface area contributed by atoms with Crippen molar-refractivity contribution in [3.63, 3.8) is 0 Å². The van der Waals surface area contributed by atoms with Gasteiger partial charge in [0.05, 0.1) is 16.1 Å². The average molecular weight is 332 g/mol. The summed E-state index contributed by atoms with van der Waals surface area (Å²) in [5.41, 5.74) is 0.142. The Labute approximate surface area is 134 Å². The first kappa shape index (κ1) is 17.8. The Morgan fingerprint density at radius 2 is 1.86 bits per heavy atom. The van der Waals surface area contributed by atoms with Crippen LogP contribution < -0.4 is 5.32 Å². The third kappa shape index (κ3) is 6.36. The molecule has 1 unspecified atom stereocenters. The highest BCUT2D eigenvalue weighted by molar-refractivity contribution is 6.42. The Balaban J connectivity index is 2.58. The van der Waals surface area contributed by atoms with Crippen LogP contribution in [0.2, 0.25) is 10.0 Å². The number of Topliss-reactive ketones (excluding diaryl/α,β-unsaturated/α-hetero) is 1. The molecule has 1 aromatic carbocycles. The number of hydrogen-bond acceptors (Lipinski definition) is 3.